The normalized spacial score (nSPS) is 11.0. The van der Waals surface area contributed by atoms with Crippen LogP contribution in [0.15, 0.2) is 9.59 Å². The summed E-state index contributed by atoms with van der Waals surface area (Å²) in [6.07, 6.45) is 0. The van der Waals surface area contributed by atoms with Gasteiger partial charge in [0.05, 0.1) is 0 Å². The Labute approximate surface area is 82.4 Å². The van der Waals surface area contributed by atoms with Crippen molar-refractivity contribution in [2.75, 3.05) is 5.73 Å². The van der Waals surface area contributed by atoms with Crippen LogP contribution in [0.4, 0.5) is 5.82 Å². The SMILES string of the molecule is Cn1c(=O)c2c(N)nsc2n(C)c1=O. The molecule has 2 rings (SSSR count). The topological polar surface area (TPSA) is 82.9 Å². The fraction of sp³-hybridized carbons (Fsp3) is 0.286. The van der Waals surface area contributed by atoms with E-state index in [1.807, 2.05) is 0 Å². The Kier molecular flexibility index (Phi) is 1.71. The molecule has 0 aliphatic heterocycles. The van der Waals surface area contributed by atoms with Gasteiger partial charge in [-0.1, -0.05) is 0 Å². The first-order valence-electron chi connectivity index (χ1n) is 3.85. The second-order valence-corrected chi connectivity index (χ2v) is 3.71. The number of rotatable bonds is 0. The number of anilines is 1. The van der Waals surface area contributed by atoms with Crippen LogP contribution < -0.4 is 17.0 Å². The van der Waals surface area contributed by atoms with Crippen LogP contribution in [-0.2, 0) is 14.1 Å². The van der Waals surface area contributed by atoms with Gasteiger partial charge in [0.15, 0.2) is 5.82 Å². The number of nitrogen functional groups attached to an aromatic ring is 1. The molecule has 0 radical (unpaired) electrons. The van der Waals surface area contributed by atoms with E-state index in [1.165, 1.54) is 11.6 Å². The molecule has 0 amide bonds. The molecule has 2 aromatic heterocycles. The Bertz CT molecular complexity index is 621. The van der Waals surface area contributed by atoms with Gasteiger partial charge in [-0.05, 0) is 11.5 Å². The lowest BCUT2D eigenvalue weighted by atomic mass is 10.4. The molecule has 0 aliphatic rings. The van der Waals surface area contributed by atoms with E-state index in [1.54, 1.807) is 7.05 Å². The summed E-state index contributed by atoms with van der Waals surface area (Å²) in [6, 6.07) is 0. The van der Waals surface area contributed by atoms with E-state index in [-0.39, 0.29) is 11.5 Å². The molecule has 14 heavy (non-hydrogen) atoms. The van der Waals surface area contributed by atoms with E-state index in [4.69, 9.17) is 5.73 Å². The number of aryl methyl sites for hydroxylation is 1. The minimum atomic E-state index is -0.394. The molecule has 0 unspecified atom stereocenters. The summed E-state index contributed by atoms with van der Waals surface area (Å²) in [5, 5.41) is 0.319. The molecule has 0 saturated heterocycles. The van der Waals surface area contributed by atoms with Crippen molar-refractivity contribution in [2.45, 2.75) is 0 Å². The van der Waals surface area contributed by atoms with Crippen molar-refractivity contribution in [2.24, 2.45) is 14.1 Å². The molecule has 74 valence electrons. The first-order chi connectivity index (χ1) is 6.54. The van der Waals surface area contributed by atoms with Crippen LogP contribution in [0.25, 0.3) is 10.2 Å². The van der Waals surface area contributed by atoms with Crippen molar-refractivity contribution < 1.29 is 0 Å². The number of hydrogen-bond acceptors (Lipinski definition) is 5. The van der Waals surface area contributed by atoms with Gasteiger partial charge in [0.25, 0.3) is 5.56 Å². The molecule has 0 aromatic carbocycles. The minimum absolute atomic E-state index is 0.182. The van der Waals surface area contributed by atoms with Gasteiger partial charge < -0.3 is 5.73 Å². The van der Waals surface area contributed by atoms with Crippen LogP contribution in [0, 0.1) is 0 Å². The first kappa shape index (κ1) is 8.95. The highest BCUT2D eigenvalue weighted by atomic mass is 32.1. The fourth-order valence-electron chi connectivity index (χ4n) is 1.29. The molecule has 6 nitrogen and oxygen atoms in total. The zero-order valence-electron chi connectivity index (χ0n) is 7.64. The number of hydrogen-bond donors (Lipinski definition) is 1. The van der Waals surface area contributed by atoms with Gasteiger partial charge in [0.1, 0.15) is 10.2 Å². The van der Waals surface area contributed by atoms with Gasteiger partial charge in [-0.2, -0.15) is 4.37 Å². The number of nitrogens with two attached hydrogens (primary N) is 1. The lowest BCUT2D eigenvalue weighted by Gasteiger charge is -2.01. The lowest BCUT2D eigenvalue weighted by Crippen LogP contribution is -2.36. The van der Waals surface area contributed by atoms with Gasteiger partial charge in [-0.3, -0.25) is 13.9 Å². The summed E-state index contributed by atoms with van der Waals surface area (Å²) < 4.78 is 6.23. The Morgan fingerprint density at radius 2 is 1.93 bits per heavy atom. The van der Waals surface area contributed by atoms with Crippen molar-refractivity contribution in [3.63, 3.8) is 0 Å². The van der Waals surface area contributed by atoms with Crippen LogP contribution in [0.5, 0.6) is 0 Å². The first-order valence-corrected chi connectivity index (χ1v) is 4.62. The highest BCUT2D eigenvalue weighted by Gasteiger charge is 2.13. The quantitative estimate of drug-likeness (QED) is 0.624. The number of aromatic nitrogens is 3. The molecule has 0 fully saturated rings. The average Bonchev–Trinajstić information content (AvgIpc) is 2.54. The third-order valence-electron chi connectivity index (χ3n) is 2.10. The largest absolute Gasteiger partial charge is 0.382 e. The van der Waals surface area contributed by atoms with Crippen LogP contribution in [-0.4, -0.2) is 13.5 Å². The molecule has 0 atom stereocenters. The smallest absolute Gasteiger partial charge is 0.331 e. The highest BCUT2D eigenvalue weighted by Crippen LogP contribution is 2.18. The van der Waals surface area contributed by atoms with Crippen molar-refractivity contribution >= 4 is 27.6 Å². The molecule has 2 heterocycles. The van der Waals surface area contributed by atoms with Gasteiger partial charge in [-0.15, -0.1) is 0 Å². The molecule has 2 N–H and O–H groups in total. The molecular weight excluding hydrogens is 204 g/mol. The molecule has 2 aromatic rings. The molecule has 0 bridgehead atoms. The maximum Gasteiger partial charge on any atom is 0.331 e. The van der Waals surface area contributed by atoms with Crippen molar-refractivity contribution in [3.8, 4) is 0 Å². The molecule has 0 spiro atoms. The predicted octanol–water partition coefficient (Wildman–Crippen LogP) is -0.724. The monoisotopic (exact) mass is 212 g/mol. The van der Waals surface area contributed by atoms with Crippen molar-refractivity contribution in [3.05, 3.63) is 20.8 Å². The van der Waals surface area contributed by atoms with Crippen LogP contribution in [0.2, 0.25) is 0 Å². The molecule has 0 saturated carbocycles. The van der Waals surface area contributed by atoms with Gasteiger partial charge >= 0.3 is 5.69 Å². The second kappa shape index (κ2) is 2.68. The third-order valence-corrected chi connectivity index (χ3v) is 3.04. The number of fused-ring (bicyclic) bond motifs is 1. The summed E-state index contributed by atoms with van der Waals surface area (Å²) in [6.45, 7) is 0. The standard InChI is InChI=1S/C7H8N4O2S/c1-10-5(12)3-4(8)9-14-6(3)11(2)7(10)13/h1-2H3,(H2,8,9). The van der Waals surface area contributed by atoms with E-state index >= 15 is 0 Å². The Hall–Kier alpha value is -1.63. The zero-order chi connectivity index (χ0) is 10.5. The van der Waals surface area contributed by atoms with E-state index < -0.39 is 5.56 Å². The van der Waals surface area contributed by atoms with Crippen LogP contribution in [0.1, 0.15) is 0 Å². The predicted molar refractivity (Wildman–Crippen MR) is 54.5 cm³/mol. The number of nitrogens with zero attached hydrogens (tertiary/aromatic N) is 3. The Morgan fingerprint density at radius 1 is 1.29 bits per heavy atom. The lowest BCUT2D eigenvalue weighted by molar-refractivity contribution is 0.717. The maximum absolute atomic E-state index is 11.6. The summed E-state index contributed by atoms with van der Waals surface area (Å²) >= 11 is 1.05. The summed E-state index contributed by atoms with van der Waals surface area (Å²) in [4.78, 5) is 23.6. The minimum Gasteiger partial charge on any atom is -0.382 e. The van der Waals surface area contributed by atoms with Crippen molar-refractivity contribution in [1.82, 2.24) is 13.5 Å². The maximum atomic E-state index is 11.6. The van der Waals surface area contributed by atoms with E-state index in [0.717, 1.165) is 16.1 Å². The average molecular weight is 212 g/mol. The van der Waals surface area contributed by atoms with Crippen LogP contribution >= 0.6 is 11.5 Å². The summed E-state index contributed by atoms with van der Waals surface area (Å²) in [7, 11) is 3.00. The molecule has 7 heteroatoms. The second-order valence-electron chi connectivity index (χ2n) is 2.95. The molecule has 0 aliphatic carbocycles. The summed E-state index contributed by atoms with van der Waals surface area (Å²) in [5.41, 5.74) is 4.77. The van der Waals surface area contributed by atoms with Gasteiger partial charge in [0, 0.05) is 14.1 Å². The fourth-order valence-corrected chi connectivity index (χ4v) is 2.05. The summed E-state index contributed by atoms with van der Waals surface area (Å²) in [5.74, 6) is 0.182. The van der Waals surface area contributed by atoms with Crippen molar-refractivity contribution in [1.29, 1.82) is 0 Å². The Balaban J connectivity index is 3.22. The van der Waals surface area contributed by atoms with Gasteiger partial charge in [-0.25, -0.2) is 4.79 Å². The highest BCUT2D eigenvalue weighted by molar-refractivity contribution is 7.13. The van der Waals surface area contributed by atoms with E-state index in [2.05, 4.69) is 4.37 Å². The zero-order valence-corrected chi connectivity index (χ0v) is 8.46. The van der Waals surface area contributed by atoms with E-state index in [9.17, 15) is 9.59 Å². The Morgan fingerprint density at radius 3 is 2.57 bits per heavy atom. The van der Waals surface area contributed by atoms with Gasteiger partial charge in [0.2, 0.25) is 0 Å². The molecular formula is C7H8N4O2S. The van der Waals surface area contributed by atoms with Crippen LogP contribution in [0.3, 0.4) is 0 Å². The van der Waals surface area contributed by atoms with E-state index in [0.29, 0.717) is 10.2 Å². The third kappa shape index (κ3) is 0.925.